The molecule has 148 valence electrons. The van der Waals surface area contributed by atoms with Crippen LogP contribution < -0.4 is 0 Å². The second kappa shape index (κ2) is 6.74. The second-order valence-electron chi connectivity index (χ2n) is 7.83. The number of rotatable bonds is 3. The molecule has 2 heterocycles. The maximum atomic E-state index is 12.9. The van der Waals surface area contributed by atoms with Crippen molar-refractivity contribution in [2.24, 2.45) is 0 Å². The smallest absolute Gasteiger partial charge is 0.254 e. The molecule has 1 aromatic heterocycles. The van der Waals surface area contributed by atoms with Crippen molar-refractivity contribution in [3.05, 3.63) is 60.4 Å². The summed E-state index contributed by atoms with van der Waals surface area (Å²) in [5.41, 5.74) is 2.43. The van der Waals surface area contributed by atoms with Gasteiger partial charge in [-0.1, -0.05) is 24.3 Å². The molecule has 1 N–H and O–H groups in total. The molecule has 1 saturated carbocycles. The van der Waals surface area contributed by atoms with E-state index in [9.17, 15) is 14.7 Å². The van der Waals surface area contributed by atoms with Crippen LogP contribution in [0.2, 0.25) is 0 Å². The maximum Gasteiger partial charge on any atom is 0.254 e. The third-order valence-electron chi connectivity index (χ3n) is 5.91. The van der Waals surface area contributed by atoms with Crippen molar-refractivity contribution in [2.75, 3.05) is 26.2 Å². The molecule has 6 nitrogen and oxygen atoms in total. The second-order valence-corrected chi connectivity index (χ2v) is 7.83. The molecule has 1 aliphatic carbocycles. The van der Waals surface area contributed by atoms with E-state index in [0.717, 1.165) is 22.1 Å². The van der Waals surface area contributed by atoms with Crippen LogP contribution in [0.5, 0.6) is 0 Å². The first kappa shape index (κ1) is 17.9. The fourth-order valence-corrected chi connectivity index (χ4v) is 3.96. The van der Waals surface area contributed by atoms with Gasteiger partial charge in [-0.3, -0.25) is 9.59 Å². The largest absolute Gasteiger partial charge is 0.464 e. The van der Waals surface area contributed by atoms with E-state index in [-0.39, 0.29) is 11.8 Å². The van der Waals surface area contributed by atoms with Crippen LogP contribution >= 0.6 is 0 Å². The topological polar surface area (TPSA) is 74.0 Å². The third-order valence-corrected chi connectivity index (χ3v) is 5.91. The van der Waals surface area contributed by atoms with Gasteiger partial charge < -0.3 is 19.3 Å². The highest BCUT2D eigenvalue weighted by atomic mass is 16.3. The number of benzene rings is 2. The van der Waals surface area contributed by atoms with Crippen LogP contribution in [0.25, 0.3) is 22.1 Å². The number of carbonyl (C=O) groups excluding carboxylic acids is 2. The molecular formula is C23H22N2O4. The number of fused-ring (bicyclic) bond motifs is 1. The van der Waals surface area contributed by atoms with Gasteiger partial charge in [0.15, 0.2) is 0 Å². The van der Waals surface area contributed by atoms with Gasteiger partial charge in [-0.2, -0.15) is 0 Å². The average molecular weight is 390 g/mol. The predicted octanol–water partition coefficient (Wildman–Crippen LogP) is 2.91. The van der Waals surface area contributed by atoms with Crippen molar-refractivity contribution < 1.29 is 19.1 Å². The summed E-state index contributed by atoms with van der Waals surface area (Å²) in [6.45, 7) is 1.90. The molecule has 0 unspecified atom stereocenters. The van der Waals surface area contributed by atoms with Gasteiger partial charge in [-0.15, -0.1) is 0 Å². The summed E-state index contributed by atoms with van der Waals surface area (Å²) < 4.78 is 5.47. The lowest BCUT2D eigenvalue weighted by atomic mass is 10.0. The molecule has 0 bridgehead atoms. The van der Waals surface area contributed by atoms with E-state index in [4.69, 9.17) is 4.42 Å². The minimum atomic E-state index is -1.14. The molecule has 1 saturated heterocycles. The van der Waals surface area contributed by atoms with E-state index in [2.05, 4.69) is 0 Å². The van der Waals surface area contributed by atoms with Gasteiger partial charge >= 0.3 is 0 Å². The fourth-order valence-electron chi connectivity index (χ4n) is 3.96. The predicted molar refractivity (Wildman–Crippen MR) is 108 cm³/mol. The average Bonchev–Trinajstić information content (AvgIpc) is 3.33. The van der Waals surface area contributed by atoms with Gasteiger partial charge in [0.1, 0.15) is 11.2 Å². The highest BCUT2D eigenvalue weighted by Crippen LogP contribution is 2.37. The summed E-state index contributed by atoms with van der Waals surface area (Å²) in [5, 5.41) is 11.0. The molecule has 2 fully saturated rings. The monoisotopic (exact) mass is 390 g/mol. The van der Waals surface area contributed by atoms with Gasteiger partial charge in [-0.25, -0.2) is 0 Å². The van der Waals surface area contributed by atoms with E-state index >= 15 is 0 Å². The van der Waals surface area contributed by atoms with Gasteiger partial charge in [0, 0.05) is 37.1 Å². The molecule has 0 radical (unpaired) electrons. The Labute approximate surface area is 168 Å². The highest BCUT2D eigenvalue weighted by molar-refractivity contribution is 5.97. The lowest BCUT2D eigenvalue weighted by molar-refractivity contribution is -0.143. The molecule has 2 aromatic carbocycles. The van der Waals surface area contributed by atoms with Crippen LogP contribution in [0, 0.1) is 0 Å². The van der Waals surface area contributed by atoms with Gasteiger partial charge in [-0.05, 0) is 48.2 Å². The SMILES string of the molecule is O=C(c1ccc(-c2cccc3occc23)cc1)N1CCN(C(=O)C2(O)CC2)CC1. The minimum absolute atomic E-state index is 0.0321. The number of furan rings is 1. The third kappa shape index (κ3) is 3.19. The summed E-state index contributed by atoms with van der Waals surface area (Å²) in [4.78, 5) is 28.5. The molecular weight excluding hydrogens is 368 g/mol. The first-order valence-electron chi connectivity index (χ1n) is 9.93. The van der Waals surface area contributed by atoms with Crippen LogP contribution in [-0.4, -0.2) is 58.5 Å². The molecule has 29 heavy (non-hydrogen) atoms. The number of amides is 2. The first-order chi connectivity index (χ1) is 14.0. The zero-order chi connectivity index (χ0) is 20.0. The molecule has 6 heteroatoms. The van der Waals surface area contributed by atoms with Crippen LogP contribution in [0.3, 0.4) is 0 Å². The normalized spacial score (nSPS) is 18.1. The summed E-state index contributed by atoms with van der Waals surface area (Å²) in [6.07, 6.45) is 2.77. The van der Waals surface area contributed by atoms with E-state index < -0.39 is 5.60 Å². The Morgan fingerprint density at radius 2 is 1.59 bits per heavy atom. The molecule has 5 rings (SSSR count). The van der Waals surface area contributed by atoms with E-state index in [1.54, 1.807) is 16.1 Å². The zero-order valence-electron chi connectivity index (χ0n) is 16.0. The van der Waals surface area contributed by atoms with Gasteiger partial charge in [0.25, 0.3) is 11.8 Å². The van der Waals surface area contributed by atoms with Crippen molar-refractivity contribution in [1.82, 2.24) is 9.80 Å². The molecule has 3 aromatic rings. The molecule has 0 atom stereocenters. The van der Waals surface area contributed by atoms with Crippen molar-refractivity contribution >= 4 is 22.8 Å². The van der Waals surface area contributed by atoms with Crippen molar-refractivity contribution in [3.63, 3.8) is 0 Å². The van der Waals surface area contributed by atoms with Crippen LogP contribution in [0.15, 0.2) is 59.2 Å². The summed E-state index contributed by atoms with van der Waals surface area (Å²) in [5.74, 6) is -0.224. The summed E-state index contributed by atoms with van der Waals surface area (Å²) in [7, 11) is 0. The minimum Gasteiger partial charge on any atom is -0.464 e. The number of hydrogen-bond donors (Lipinski definition) is 1. The van der Waals surface area contributed by atoms with Gasteiger partial charge in [0.05, 0.1) is 6.26 Å². The first-order valence-corrected chi connectivity index (χ1v) is 9.93. The lowest BCUT2D eigenvalue weighted by Crippen LogP contribution is -2.53. The zero-order valence-corrected chi connectivity index (χ0v) is 16.0. The molecule has 0 spiro atoms. The lowest BCUT2D eigenvalue weighted by Gasteiger charge is -2.35. The maximum absolute atomic E-state index is 12.9. The van der Waals surface area contributed by atoms with Gasteiger partial charge in [0.2, 0.25) is 0 Å². The van der Waals surface area contributed by atoms with E-state index in [1.807, 2.05) is 48.5 Å². The number of nitrogens with zero attached hydrogens (tertiary/aromatic N) is 2. The molecule has 1 aliphatic heterocycles. The Morgan fingerprint density at radius 1 is 0.897 bits per heavy atom. The molecule has 2 amide bonds. The highest BCUT2D eigenvalue weighted by Gasteiger charge is 2.50. The van der Waals surface area contributed by atoms with Crippen LogP contribution in [0.1, 0.15) is 23.2 Å². The van der Waals surface area contributed by atoms with E-state index in [1.165, 1.54) is 0 Å². The van der Waals surface area contributed by atoms with Crippen molar-refractivity contribution in [1.29, 1.82) is 0 Å². The standard InChI is InChI=1S/C23H22N2O4/c26-21(24-11-13-25(14-12-24)22(27)23(28)9-10-23)17-6-4-16(5-7-17)18-2-1-3-20-19(18)8-15-29-20/h1-8,15,28H,9-14H2. The number of hydrogen-bond acceptors (Lipinski definition) is 4. The Morgan fingerprint density at radius 3 is 2.28 bits per heavy atom. The number of piperazine rings is 1. The van der Waals surface area contributed by atoms with Crippen LogP contribution in [-0.2, 0) is 4.79 Å². The number of carbonyl (C=O) groups is 2. The quantitative estimate of drug-likeness (QED) is 0.746. The van der Waals surface area contributed by atoms with Crippen LogP contribution in [0.4, 0.5) is 0 Å². The van der Waals surface area contributed by atoms with Crippen molar-refractivity contribution in [3.8, 4) is 11.1 Å². The fraction of sp³-hybridized carbons (Fsp3) is 0.304. The van der Waals surface area contributed by atoms with Crippen molar-refractivity contribution in [2.45, 2.75) is 18.4 Å². The van der Waals surface area contributed by atoms with E-state index in [0.29, 0.717) is 44.6 Å². The summed E-state index contributed by atoms with van der Waals surface area (Å²) in [6, 6.07) is 15.5. The summed E-state index contributed by atoms with van der Waals surface area (Å²) >= 11 is 0. The Hall–Kier alpha value is -3.12. The molecule has 2 aliphatic rings. The Bertz CT molecular complexity index is 1070. The Kier molecular flexibility index (Phi) is 4.17. The Balaban J connectivity index is 1.28. The number of aliphatic hydroxyl groups is 1.